The van der Waals surface area contributed by atoms with E-state index < -0.39 is 16.4 Å². The van der Waals surface area contributed by atoms with Gasteiger partial charge in [-0.1, -0.05) is 0 Å². The molecule has 1 fully saturated rings. The van der Waals surface area contributed by atoms with Crippen molar-refractivity contribution in [3.8, 4) is 5.75 Å². The van der Waals surface area contributed by atoms with Gasteiger partial charge in [-0.3, -0.25) is 19.7 Å². The highest BCUT2D eigenvalue weighted by Gasteiger charge is 2.27. The third-order valence-electron chi connectivity index (χ3n) is 3.60. The van der Waals surface area contributed by atoms with E-state index in [-0.39, 0.29) is 23.3 Å². The van der Waals surface area contributed by atoms with E-state index in [0.29, 0.717) is 25.9 Å². The van der Waals surface area contributed by atoms with Gasteiger partial charge in [0.2, 0.25) is 5.91 Å². The van der Waals surface area contributed by atoms with Crippen LogP contribution in [0.1, 0.15) is 23.2 Å². The first-order valence-electron chi connectivity index (χ1n) is 6.46. The van der Waals surface area contributed by atoms with Gasteiger partial charge in [-0.15, -0.1) is 0 Å². The summed E-state index contributed by atoms with van der Waals surface area (Å²) in [4.78, 5) is 34.7. The van der Waals surface area contributed by atoms with Gasteiger partial charge in [0.05, 0.1) is 4.92 Å². The summed E-state index contributed by atoms with van der Waals surface area (Å²) in [6.45, 7) is 0.786. The van der Waals surface area contributed by atoms with Crippen LogP contribution in [-0.4, -0.2) is 39.8 Å². The van der Waals surface area contributed by atoms with Gasteiger partial charge in [0, 0.05) is 30.6 Å². The van der Waals surface area contributed by atoms with E-state index in [0.717, 1.165) is 12.1 Å². The van der Waals surface area contributed by atoms with Gasteiger partial charge in [0.1, 0.15) is 0 Å². The Kier molecular flexibility index (Phi) is 4.06. The lowest BCUT2D eigenvalue weighted by atomic mass is 9.96. The third-order valence-corrected chi connectivity index (χ3v) is 3.60. The van der Waals surface area contributed by atoms with Crippen LogP contribution < -0.4 is 5.73 Å². The van der Waals surface area contributed by atoms with Crippen molar-refractivity contribution in [2.45, 2.75) is 12.8 Å². The zero-order valence-corrected chi connectivity index (χ0v) is 11.2. The second kappa shape index (κ2) is 5.78. The molecule has 0 aliphatic carbocycles. The van der Waals surface area contributed by atoms with E-state index in [2.05, 4.69) is 0 Å². The first kappa shape index (κ1) is 14.8. The number of nitro groups is 1. The number of likely N-dealkylation sites (tertiary alicyclic amines) is 1. The molecule has 8 nitrogen and oxygen atoms in total. The molecule has 0 bridgehead atoms. The molecular formula is C13H15N3O5. The Labute approximate surface area is 120 Å². The van der Waals surface area contributed by atoms with Crippen LogP contribution in [0.25, 0.3) is 0 Å². The topological polar surface area (TPSA) is 127 Å². The molecular weight excluding hydrogens is 278 g/mol. The maximum absolute atomic E-state index is 12.2. The molecule has 1 aliphatic rings. The molecule has 1 heterocycles. The molecule has 2 rings (SSSR count). The number of primary amides is 1. The highest BCUT2D eigenvalue weighted by Crippen LogP contribution is 2.27. The van der Waals surface area contributed by atoms with Crippen molar-refractivity contribution in [1.82, 2.24) is 4.90 Å². The highest BCUT2D eigenvalue weighted by molar-refractivity contribution is 5.95. The molecule has 1 saturated heterocycles. The molecule has 0 radical (unpaired) electrons. The van der Waals surface area contributed by atoms with E-state index in [1.807, 2.05) is 0 Å². The fourth-order valence-corrected chi connectivity index (χ4v) is 2.36. The van der Waals surface area contributed by atoms with Crippen molar-refractivity contribution in [2.24, 2.45) is 11.7 Å². The standard InChI is InChI=1S/C13H15N3O5/c14-12(18)8-3-5-15(6-4-8)13(19)9-1-2-10(16(20)21)11(17)7-9/h1-2,7-8,17H,3-6H2,(H2,14,18). The van der Waals surface area contributed by atoms with Crippen LogP contribution in [0.3, 0.4) is 0 Å². The lowest BCUT2D eigenvalue weighted by molar-refractivity contribution is -0.385. The number of benzene rings is 1. The molecule has 1 aliphatic heterocycles. The summed E-state index contributed by atoms with van der Waals surface area (Å²) in [6, 6.07) is 3.49. The van der Waals surface area contributed by atoms with Gasteiger partial charge in [0.15, 0.2) is 5.75 Å². The van der Waals surface area contributed by atoms with E-state index >= 15 is 0 Å². The first-order chi connectivity index (χ1) is 9.90. The number of amides is 2. The van der Waals surface area contributed by atoms with Crippen LogP contribution in [0.2, 0.25) is 0 Å². The number of nitro benzene ring substituents is 1. The quantitative estimate of drug-likeness (QED) is 0.624. The van der Waals surface area contributed by atoms with E-state index in [9.17, 15) is 24.8 Å². The molecule has 8 heteroatoms. The lowest BCUT2D eigenvalue weighted by Crippen LogP contribution is -2.41. The smallest absolute Gasteiger partial charge is 0.310 e. The zero-order chi connectivity index (χ0) is 15.6. The van der Waals surface area contributed by atoms with Crippen molar-refractivity contribution in [3.05, 3.63) is 33.9 Å². The van der Waals surface area contributed by atoms with E-state index in [1.165, 1.54) is 6.07 Å². The number of nitrogens with two attached hydrogens (primary N) is 1. The number of carbonyl (C=O) groups is 2. The van der Waals surface area contributed by atoms with Crippen molar-refractivity contribution < 1.29 is 19.6 Å². The molecule has 3 N–H and O–H groups in total. The Morgan fingerprint density at radius 3 is 2.43 bits per heavy atom. The number of hydrogen-bond donors (Lipinski definition) is 2. The molecule has 0 spiro atoms. The normalized spacial score (nSPS) is 15.7. The SMILES string of the molecule is NC(=O)C1CCN(C(=O)c2ccc([N+](=O)[O-])c(O)c2)CC1. The Hall–Kier alpha value is -2.64. The van der Waals surface area contributed by atoms with E-state index in [1.54, 1.807) is 4.90 Å². The fraction of sp³-hybridized carbons (Fsp3) is 0.385. The summed E-state index contributed by atoms with van der Waals surface area (Å²) >= 11 is 0. The maximum Gasteiger partial charge on any atom is 0.310 e. The molecule has 0 aromatic heterocycles. The largest absolute Gasteiger partial charge is 0.502 e. The van der Waals surface area contributed by atoms with Crippen LogP contribution in [-0.2, 0) is 4.79 Å². The fourth-order valence-electron chi connectivity index (χ4n) is 2.36. The second-order valence-electron chi connectivity index (χ2n) is 4.93. The molecule has 0 atom stereocenters. The van der Waals surface area contributed by atoms with Crippen molar-refractivity contribution >= 4 is 17.5 Å². The Morgan fingerprint density at radius 2 is 1.95 bits per heavy atom. The summed E-state index contributed by atoms with van der Waals surface area (Å²) in [6.07, 6.45) is 1.00. The second-order valence-corrected chi connectivity index (χ2v) is 4.93. The number of nitrogens with zero attached hydrogens (tertiary/aromatic N) is 2. The Bertz CT molecular complexity index is 593. The number of piperidine rings is 1. The number of phenolic OH excluding ortho intramolecular Hbond substituents is 1. The van der Waals surface area contributed by atoms with Crippen LogP contribution in [0.5, 0.6) is 5.75 Å². The highest BCUT2D eigenvalue weighted by atomic mass is 16.6. The maximum atomic E-state index is 12.2. The van der Waals surface area contributed by atoms with Gasteiger partial charge in [-0.2, -0.15) is 0 Å². The lowest BCUT2D eigenvalue weighted by Gasteiger charge is -2.30. The predicted molar refractivity (Wildman–Crippen MR) is 72.6 cm³/mol. The molecule has 112 valence electrons. The minimum Gasteiger partial charge on any atom is -0.502 e. The van der Waals surface area contributed by atoms with Gasteiger partial charge >= 0.3 is 5.69 Å². The summed E-state index contributed by atoms with van der Waals surface area (Å²) in [5, 5.41) is 20.2. The van der Waals surface area contributed by atoms with E-state index in [4.69, 9.17) is 5.73 Å². The van der Waals surface area contributed by atoms with Crippen molar-refractivity contribution in [2.75, 3.05) is 13.1 Å². The number of hydrogen-bond acceptors (Lipinski definition) is 5. The van der Waals surface area contributed by atoms with Crippen molar-refractivity contribution in [1.29, 1.82) is 0 Å². The summed E-state index contributed by atoms with van der Waals surface area (Å²) < 4.78 is 0. The number of rotatable bonds is 3. The van der Waals surface area contributed by atoms with Gasteiger partial charge in [-0.25, -0.2) is 0 Å². The number of carbonyl (C=O) groups excluding carboxylic acids is 2. The van der Waals surface area contributed by atoms with Crippen LogP contribution in [0, 0.1) is 16.0 Å². The van der Waals surface area contributed by atoms with Gasteiger partial charge < -0.3 is 15.7 Å². The third kappa shape index (κ3) is 3.10. The zero-order valence-electron chi connectivity index (χ0n) is 11.2. The number of phenols is 1. The summed E-state index contributed by atoms with van der Waals surface area (Å²) in [5.41, 5.74) is 4.96. The minimum absolute atomic E-state index is 0.177. The molecule has 0 saturated carbocycles. The monoisotopic (exact) mass is 293 g/mol. The molecule has 1 aromatic carbocycles. The predicted octanol–water partition coefficient (Wildman–Crippen LogP) is 0.638. The van der Waals surface area contributed by atoms with Crippen molar-refractivity contribution in [3.63, 3.8) is 0 Å². The average molecular weight is 293 g/mol. The average Bonchev–Trinajstić information content (AvgIpc) is 2.46. The Balaban J connectivity index is 2.09. The first-order valence-corrected chi connectivity index (χ1v) is 6.46. The van der Waals surface area contributed by atoms with Crippen LogP contribution >= 0.6 is 0 Å². The van der Waals surface area contributed by atoms with Gasteiger partial charge in [-0.05, 0) is 25.0 Å². The van der Waals surface area contributed by atoms with Gasteiger partial charge in [0.25, 0.3) is 5.91 Å². The van der Waals surface area contributed by atoms with Crippen LogP contribution in [0.15, 0.2) is 18.2 Å². The van der Waals surface area contributed by atoms with Crippen LogP contribution in [0.4, 0.5) is 5.69 Å². The molecule has 1 aromatic rings. The molecule has 21 heavy (non-hydrogen) atoms. The minimum atomic E-state index is -0.720. The number of aromatic hydroxyl groups is 1. The molecule has 0 unspecified atom stereocenters. The Morgan fingerprint density at radius 1 is 1.33 bits per heavy atom. The summed E-state index contributed by atoms with van der Waals surface area (Å²) in [7, 11) is 0. The molecule has 2 amide bonds. The summed E-state index contributed by atoms with van der Waals surface area (Å²) in [5.74, 6) is -1.46.